The fourth-order valence-corrected chi connectivity index (χ4v) is 1.22. The lowest BCUT2D eigenvalue weighted by Crippen LogP contribution is -2.05. The highest BCUT2D eigenvalue weighted by Gasteiger charge is 1.98. The molecule has 1 aromatic rings. The van der Waals surface area contributed by atoms with Crippen LogP contribution < -0.4 is 5.32 Å². The van der Waals surface area contributed by atoms with Crippen molar-refractivity contribution in [2.45, 2.75) is 26.7 Å². The topological polar surface area (TPSA) is 37.8 Å². The number of halogens is 1. The maximum absolute atomic E-state index is 5.77. The first-order chi connectivity index (χ1) is 6.22. The zero-order valence-corrected chi connectivity index (χ0v) is 8.73. The summed E-state index contributed by atoms with van der Waals surface area (Å²) in [5, 5.41) is 3.61. The van der Waals surface area contributed by atoms with E-state index in [4.69, 9.17) is 11.6 Å². The van der Waals surface area contributed by atoms with Crippen molar-refractivity contribution < 1.29 is 0 Å². The Kier molecular flexibility index (Phi) is 3.96. The first-order valence-corrected chi connectivity index (χ1v) is 4.85. The summed E-state index contributed by atoms with van der Waals surface area (Å²) < 4.78 is 0. The molecular formula is C9H14ClN3. The van der Waals surface area contributed by atoms with Crippen molar-refractivity contribution in [3.05, 3.63) is 16.9 Å². The van der Waals surface area contributed by atoms with Crippen LogP contribution in [0.2, 0.25) is 5.15 Å². The zero-order chi connectivity index (χ0) is 9.68. The lowest BCUT2D eigenvalue weighted by atomic mass is 10.3. The van der Waals surface area contributed by atoms with Gasteiger partial charge in [-0.25, -0.2) is 9.97 Å². The Bertz CT molecular complexity index is 255. The van der Waals surface area contributed by atoms with Crippen molar-refractivity contribution in [3.63, 3.8) is 0 Å². The highest BCUT2D eigenvalue weighted by molar-refractivity contribution is 6.29. The molecule has 0 atom stereocenters. The summed E-state index contributed by atoms with van der Waals surface area (Å²) in [6.07, 6.45) is 2.28. The second-order valence-electron chi connectivity index (χ2n) is 2.94. The molecule has 0 aliphatic heterocycles. The molecule has 72 valence electrons. The Balaban J connectivity index is 2.56. The van der Waals surface area contributed by atoms with Crippen molar-refractivity contribution in [2.75, 3.05) is 11.9 Å². The van der Waals surface area contributed by atoms with Crippen LogP contribution in [0.3, 0.4) is 0 Å². The average molecular weight is 200 g/mol. The minimum absolute atomic E-state index is 0.492. The Labute approximate surface area is 83.5 Å². The molecule has 0 saturated heterocycles. The van der Waals surface area contributed by atoms with Gasteiger partial charge in [-0.3, -0.25) is 0 Å². The van der Waals surface area contributed by atoms with E-state index in [1.165, 1.54) is 0 Å². The van der Waals surface area contributed by atoms with E-state index < -0.39 is 0 Å². The van der Waals surface area contributed by atoms with Gasteiger partial charge >= 0.3 is 0 Å². The van der Waals surface area contributed by atoms with E-state index in [0.29, 0.717) is 11.1 Å². The number of rotatable bonds is 4. The van der Waals surface area contributed by atoms with Gasteiger partial charge in [0.05, 0.1) is 0 Å². The van der Waals surface area contributed by atoms with Gasteiger partial charge in [-0.2, -0.15) is 0 Å². The van der Waals surface area contributed by atoms with Crippen LogP contribution in [-0.2, 0) is 0 Å². The SMILES string of the molecule is CCCCNc1nc(C)cc(Cl)n1. The van der Waals surface area contributed by atoms with Crippen LogP contribution in [0.5, 0.6) is 0 Å². The van der Waals surface area contributed by atoms with Crippen LogP contribution in [-0.4, -0.2) is 16.5 Å². The number of hydrogen-bond acceptors (Lipinski definition) is 3. The molecule has 0 bridgehead atoms. The molecule has 3 nitrogen and oxygen atoms in total. The molecule has 4 heteroatoms. The molecular weight excluding hydrogens is 186 g/mol. The van der Waals surface area contributed by atoms with E-state index in [9.17, 15) is 0 Å². The van der Waals surface area contributed by atoms with Crippen molar-refractivity contribution in [1.29, 1.82) is 0 Å². The fraction of sp³-hybridized carbons (Fsp3) is 0.556. The third-order valence-electron chi connectivity index (χ3n) is 1.64. The summed E-state index contributed by atoms with van der Waals surface area (Å²) in [6, 6.07) is 1.74. The summed E-state index contributed by atoms with van der Waals surface area (Å²) >= 11 is 5.77. The van der Waals surface area contributed by atoms with Gasteiger partial charge in [0.2, 0.25) is 5.95 Å². The van der Waals surface area contributed by atoms with Crippen LogP contribution in [0.15, 0.2) is 6.07 Å². The fourth-order valence-electron chi connectivity index (χ4n) is 0.986. The zero-order valence-electron chi connectivity index (χ0n) is 7.97. The molecule has 0 aliphatic carbocycles. The van der Waals surface area contributed by atoms with Crippen LogP contribution in [0.25, 0.3) is 0 Å². The lowest BCUT2D eigenvalue weighted by molar-refractivity contribution is 0.825. The third-order valence-corrected chi connectivity index (χ3v) is 1.83. The van der Waals surface area contributed by atoms with E-state index in [1.807, 2.05) is 6.92 Å². The molecule has 0 saturated carbocycles. The first-order valence-electron chi connectivity index (χ1n) is 4.47. The van der Waals surface area contributed by atoms with Gasteiger partial charge in [0.25, 0.3) is 0 Å². The van der Waals surface area contributed by atoms with Crippen molar-refractivity contribution >= 4 is 17.5 Å². The maximum atomic E-state index is 5.77. The minimum Gasteiger partial charge on any atom is -0.354 e. The lowest BCUT2D eigenvalue weighted by Gasteiger charge is -2.04. The molecule has 0 unspecified atom stereocenters. The van der Waals surface area contributed by atoms with Crippen LogP contribution in [0, 0.1) is 6.92 Å². The maximum Gasteiger partial charge on any atom is 0.224 e. The molecule has 1 aromatic heterocycles. The van der Waals surface area contributed by atoms with Gasteiger partial charge in [0, 0.05) is 12.2 Å². The van der Waals surface area contributed by atoms with E-state index in [1.54, 1.807) is 6.07 Å². The van der Waals surface area contributed by atoms with E-state index in [0.717, 1.165) is 25.1 Å². The van der Waals surface area contributed by atoms with E-state index >= 15 is 0 Å². The summed E-state index contributed by atoms with van der Waals surface area (Å²) in [4.78, 5) is 8.25. The molecule has 1 N–H and O–H groups in total. The molecule has 0 radical (unpaired) electrons. The van der Waals surface area contributed by atoms with Gasteiger partial charge in [0.1, 0.15) is 5.15 Å². The standard InChI is InChI=1S/C9H14ClN3/c1-3-4-5-11-9-12-7(2)6-8(10)13-9/h6H,3-5H2,1-2H3,(H,11,12,13). The summed E-state index contributed by atoms with van der Waals surface area (Å²) in [5.74, 6) is 0.624. The van der Waals surface area contributed by atoms with Gasteiger partial charge in [-0.1, -0.05) is 24.9 Å². The molecule has 0 fully saturated rings. The number of nitrogens with one attached hydrogen (secondary N) is 1. The Morgan fingerprint density at radius 2 is 2.23 bits per heavy atom. The second kappa shape index (κ2) is 5.02. The number of unbranched alkanes of at least 4 members (excludes halogenated alkanes) is 1. The monoisotopic (exact) mass is 199 g/mol. The summed E-state index contributed by atoms with van der Waals surface area (Å²) in [6.45, 7) is 4.95. The third kappa shape index (κ3) is 3.59. The molecule has 1 heterocycles. The highest BCUT2D eigenvalue weighted by Crippen LogP contribution is 2.09. The van der Waals surface area contributed by atoms with Crippen LogP contribution in [0.1, 0.15) is 25.5 Å². The number of nitrogens with zero attached hydrogens (tertiary/aromatic N) is 2. The van der Waals surface area contributed by atoms with Crippen molar-refractivity contribution in [2.24, 2.45) is 0 Å². The number of aryl methyl sites for hydroxylation is 1. The number of aromatic nitrogens is 2. The second-order valence-corrected chi connectivity index (χ2v) is 3.32. The molecule has 0 spiro atoms. The Morgan fingerprint density at radius 1 is 1.46 bits per heavy atom. The molecule has 0 aromatic carbocycles. The van der Waals surface area contributed by atoms with Gasteiger partial charge < -0.3 is 5.32 Å². The van der Waals surface area contributed by atoms with Crippen LogP contribution in [0.4, 0.5) is 5.95 Å². The van der Waals surface area contributed by atoms with E-state index in [-0.39, 0.29) is 0 Å². The van der Waals surface area contributed by atoms with Crippen molar-refractivity contribution in [1.82, 2.24) is 9.97 Å². The largest absolute Gasteiger partial charge is 0.354 e. The smallest absolute Gasteiger partial charge is 0.224 e. The minimum atomic E-state index is 0.492. The average Bonchev–Trinajstić information content (AvgIpc) is 2.03. The van der Waals surface area contributed by atoms with Gasteiger partial charge in [-0.05, 0) is 19.4 Å². The van der Waals surface area contributed by atoms with E-state index in [2.05, 4.69) is 22.2 Å². The molecule has 0 amide bonds. The normalized spacial score (nSPS) is 10.1. The van der Waals surface area contributed by atoms with Gasteiger partial charge in [0.15, 0.2) is 0 Å². The Hall–Kier alpha value is -0.830. The highest BCUT2D eigenvalue weighted by atomic mass is 35.5. The van der Waals surface area contributed by atoms with Crippen LogP contribution >= 0.6 is 11.6 Å². The summed E-state index contributed by atoms with van der Waals surface area (Å²) in [7, 11) is 0. The van der Waals surface area contributed by atoms with Crippen molar-refractivity contribution in [3.8, 4) is 0 Å². The van der Waals surface area contributed by atoms with Gasteiger partial charge in [-0.15, -0.1) is 0 Å². The molecule has 1 rings (SSSR count). The predicted molar refractivity (Wildman–Crippen MR) is 55.2 cm³/mol. The Morgan fingerprint density at radius 3 is 2.85 bits per heavy atom. The molecule has 0 aliphatic rings. The number of hydrogen-bond donors (Lipinski definition) is 1. The summed E-state index contributed by atoms with van der Waals surface area (Å²) in [5.41, 5.74) is 0.888. The predicted octanol–water partition coefficient (Wildman–Crippen LogP) is 2.65. The molecule has 13 heavy (non-hydrogen) atoms. The first kappa shape index (κ1) is 10.3. The number of anilines is 1. The quantitative estimate of drug-likeness (QED) is 0.599.